The topological polar surface area (TPSA) is 50.8 Å². The summed E-state index contributed by atoms with van der Waals surface area (Å²) in [5.74, 6) is 2.35. The van der Waals surface area contributed by atoms with E-state index in [0.717, 1.165) is 36.7 Å². The van der Waals surface area contributed by atoms with Gasteiger partial charge in [-0.1, -0.05) is 13.0 Å². The molecule has 5 nitrogen and oxygen atoms in total. The lowest BCUT2D eigenvalue weighted by Crippen LogP contribution is -2.50. The van der Waals surface area contributed by atoms with Crippen molar-refractivity contribution in [3.05, 3.63) is 23.8 Å². The van der Waals surface area contributed by atoms with Gasteiger partial charge in [-0.05, 0) is 43.6 Å². The predicted molar refractivity (Wildman–Crippen MR) is 79.2 cm³/mol. The van der Waals surface area contributed by atoms with E-state index >= 15 is 0 Å². The highest BCUT2D eigenvalue weighted by Gasteiger charge is 2.31. The van der Waals surface area contributed by atoms with E-state index in [0.29, 0.717) is 12.5 Å². The summed E-state index contributed by atoms with van der Waals surface area (Å²) in [6.07, 6.45) is 0. The second-order valence-corrected chi connectivity index (χ2v) is 5.75. The fourth-order valence-corrected chi connectivity index (χ4v) is 2.76. The quantitative estimate of drug-likeness (QED) is 0.895. The van der Waals surface area contributed by atoms with Gasteiger partial charge < -0.3 is 19.7 Å². The molecule has 0 aromatic heterocycles. The van der Waals surface area contributed by atoms with Crippen LogP contribution in [0.2, 0.25) is 0 Å². The van der Waals surface area contributed by atoms with Crippen LogP contribution in [-0.2, 0) is 11.3 Å². The second-order valence-electron chi connectivity index (χ2n) is 5.75. The number of carbonyl (C=O) groups is 1. The molecule has 1 unspecified atom stereocenters. The fourth-order valence-electron chi connectivity index (χ4n) is 2.76. The molecule has 3 rings (SSSR count). The highest BCUT2D eigenvalue weighted by Crippen LogP contribution is 2.33. The van der Waals surface area contributed by atoms with Gasteiger partial charge in [0.1, 0.15) is 0 Å². The number of nitrogens with zero attached hydrogens (tertiary/aromatic N) is 1. The normalized spacial score (nSPS) is 18.2. The molecule has 0 radical (unpaired) electrons. The lowest BCUT2D eigenvalue weighted by Gasteiger charge is -2.34. The molecule has 2 aliphatic heterocycles. The van der Waals surface area contributed by atoms with Gasteiger partial charge in [-0.3, -0.25) is 4.79 Å². The van der Waals surface area contributed by atoms with Crippen LogP contribution < -0.4 is 14.8 Å². The van der Waals surface area contributed by atoms with Crippen LogP contribution in [0.4, 0.5) is 0 Å². The molecule has 1 amide bonds. The third kappa shape index (κ3) is 2.83. The molecule has 1 aromatic rings. The molecule has 1 saturated heterocycles. The fraction of sp³-hybridized carbons (Fsp3) is 0.562. The van der Waals surface area contributed by atoms with Crippen LogP contribution >= 0.6 is 0 Å². The van der Waals surface area contributed by atoms with Gasteiger partial charge >= 0.3 is 0 Å². The first-order valence-corrected chi connectivity index (χ1v) is 7.57. The van der Waals surface area contributed by atoms with Gasteiger partial charge in [0.25, 0.3) is 0 Å². The minimum Gasteiger partial charge on any atom is -0.454 e. The summed E-state index contributed by atoms with van der Waals surface area (Å²) in [6, 6.07) is 5.88. The molecule has 0 bridgehead atoms. The Balaban J connectivity index is 1.67. The van der Waals surface area contributed by atoms with Crippen LogP contribution in [0.15, 0.2) is 18.2 Å². The van der Waals surface area contributed by atoms with E-state index in [-0.39, 0.29) is 18.6 Å². The van der Waals surface area contributed by atoms with Gasteiger partial charge in [0, 0.05) is 19.0 Å². The minimum absolute atomic E-state index is 0.0835. The largest absolute Gasteiger partial charge is 0.454 e. The summed E-state index contributed by atoms with van der Waals surface area (Å²) in [5.41, 5.74) is 1.08. The number of carbonyl (C=O) groups excluding carboxylic acids is 1. The van der Waals surface area contributed by atoms with E-state index in [2.05, 4.69) is 5.32 Å². The Hall–Kier alpha value is -1.75. The lowest BCUT2D eigenvalue weighted by molar-refractivity contribution is -0.137. The molecule has 1 aromatic carbocycles. The first kappa shape index (κ1) is 14.2. The van der Waals surface area contributed by atoms with E-state index in [9.17, 15) is 4.79 Å². The highest BCUT2D eigenvalue weighted by molar-refractivity contribution is 5.79. The molecular weight excluding hydrogens is 268 g/mol. The first-order chi connectivity index (χ1) is 10.2. The number of amides is 1. The summed E-state index contributed by atoms with van der Waals surface area (Å²) < 4.78 is 10.7. The Morgan fingerprint density at radius 1 is 1.38 bits per heavy atom. The first-order valence-electron chi connectivity index (χ1n) is 7.57. The summed E-state index contributed by atoms with van der Waals surface area (Å²) in [7, 11) is 0. The Bertz CT molecular complexity index is 528. The van der Waals surface area contributed by atoms with Crippen LogP contribution in [0.1, 0.15) is 19.4 Å². The molecule has 1 fully saturated rings. The SMILES string of the molecule is CCN(Cc1ccc2c(c1)OCO2)C(=O)C(C)C1CNC1. The smallest absolute Gasteiger partial charge is 0.231 e. The Labute approximate surface area is 125 Å². The zero-order valence-electron chi connectivity index (χ0n) is 12.6. The van der Waals surface area contributed by atoms with Gasteiger partial charge in [0.15, 0.2) is 11.5 Å². The van der Waals surface area contributed by atoms with Crippen molar-refractivity contribution in [2.45, 2.75) is 20.4 Å². The number of benzene rings is 1. The lowest BCUT2D eigenvalue weighted by atomic mass is 9.88. The number of ether oxygens (including phenoxy) is 2. The van der Waals surface area contributed by atoms with Crippen molar-refractivity contribution in [3.8, 4) is 11.5 Å². The number of nitrogens with one attached hydrogen (secondary N) is 1. The maximum Gasteiger partial charge on any atom is 0.231 e. The maximum absolute atomic E-state index is 12.6. The number of rotatable bonds is 5. The van der Waals surface area contributed by atoms with E-state index in [1.165, 1.54) is 0 Å². The van der Waals surface area contributed by atoms with Crippen molar-refractivity contribution < 1.29 is 14.3 Å². The zero-order valence-corrected chi connectivity index (χ0v) is 12.6. The van der Waals surface area contributed by atoms with E-state index < -0.39 is 0 Å². The molecule has 21 heavy (non-hydrogen) atoms. The minimum atomic E-state index is 0.0835. The second kappa shape index (κ2) is 5.93. The Morgan fingerprint density at radius 2 is 2.14 bits per heavy atom. The molecule has 0 spiro atoms. The monoisotopic (exact) mass is 290 g/mol. The molecule has 0 aliphatic carbocycles. The van der Waals surface area contributed by atoms with Gasteiger partial charge in [-0.15, -0.1) is 0 Å². The van der Waals surface area contributed by atoms with Crippen LogP contribution in [0.3, 0.4) is 0 Å². The van der Waals surface area contributed by atoms with Crippen LogP contribution in [-0.4, -0.2) is 37.2 Å². The molecule has 2 heterocycles. The Kier molecular flexibility index (Phi) is 4.01. The molecule has 0 saturated carbocycles. The van der Waals surface area contributed by atoms with E-state index in [4.69, 9.17) is 9.47 Å². The maximum atomic E-state index is 12.6. The van der Waals surface area contributed by atoms with Crippen molar-refractivity contribution >= 4 is 5.91 Å². The molecule has 1 N–H and O–H groups in total. The molecule has 114 valence electrons. The van der Waals surface area contributed by atoms with E-state index in [1.54, 1.807) is 0 Å². The van der Waals surface area contributed by atoms with Crippen molar-refractivity contribution in [1.82, 2.24) is 10.2 Å². The van der Waals surface area contributed by atoms with Crippen LogP contribution in [0.25, 0.3) is 0 Å². The molecule has 5 heteroatoms. The average Bonchev–Trinajstić information content (AvgIpc) is 2.89. The highest BCUT2D eigenvalue weighted by atomic mass is 16.7. The third-order valence-corrected chi connectivity index (χ3v) is 4.41. The number of fused-ring (bicyclic) bond motifs is 1. The summed E-state index contributed by atoms with van der Waals surface area (Å²) in [4.78, 5) is 14.5. The molecule has 1 atom stereocenters. The number of hydrogen-bond donors (Lipinski definition) is 1. The summed E-state index contributed by atoms with van der Waals surface area (Å²) >= 11 is 0. The zero-order chi connectivity index (χ0) is 14.8. The van der Waals surface area contributed by atoms with Crippen molar-refractivity contribution in [1.29, 1.82) is 0 Å². The van der Waals surface area contributed by atoms with Crippen LogP contribution in [0.5, 0.6) is 11.5 Å². The number of hydrogen-bond acceptors (Lipinski definition) is 4. The van der Waals surface area contributed by atoms with Crippen LogP contribution in [0, 0.1) is 11.8 Å². The molecule has 2 aliphatic rings. The van der Waals surface area contributed by atoms with Gasteiger partial charge in [-0.25, -0.2) is 0 Å². The predicted octanol–water partition coefficient (Wildman–Crippen LogP) is 1.62. The summed E-state index contributed by atoms with van der Waals surface area (Å²) in [5, 5.41) is 3.23. The summed E-state index contributed by atoms with van der Waals surface area (Å²) in [6.45, 7) is 7.59. The van der Waals surface area contributed by atoms with Crippen molar-refractivity contribution in [2.75, 3.05) is 26.4 Å². The average molecular weight is 290 g/mol. The van der Waals surface area contributed by atoms with Crippen molar-refractivity contribution in [2.24, 2.45) is 11.8 Å². The van der Waals surface area contributed by atoms with Gasteiger partial charge in [0.2, 0.25) is 12.7 Å². The van der Waals surface area contributed by atoms with Crippen molar-refractivity contribution in [3.63, 3.8) is 0 Å². The Morgan fingerprint density at radius 3 is 2.81 bits per heavy atom. The third-order valence-electron chi connectivity index (χ3n) is 4.41. The molecular formula is C16H22N2O3. The van der Waals surface area contributed by atoms with Gasteiger partial charge in [0.05, 0.1) is 0 Å². The van der Waals surface area contributed by atoms with E-state index in [1.807, 2.05) is 36.9 Å². The van der Waals surface area contributed by atoms with Gasteiger partial charge in [-0.2, -0.15) is 0 Å². The standard InChI is InChI=1S/C16H22N2O3/c1-3-18(16(19)11(2)13-7-17-8-13)9-12-4-5-14-15(6-12)21-10-20-14/h4-6,11,13,17H,3,7-10H2,1-2H3.